The van der Waals surface area contributed by atoms with Gasteiger partial charge in [-0.25, -0.2) is 0 Å². The molecule has 3 heterocycles. The van der Waals surface area contributed by atoms with E-state index in [2.05, 4.69) is 28.7 Å². The van der Waals surface area contributed by atoms with Crippen LogP contribution in [0.2, 0.25) is 0 Å². The standard InChI is InChI=1S/C13H20N2OS/c1-9(14)13(10-4-5-17-8-10)15-6-11-2-3-12(7-15)16-11/h4-5,8-9,11-13H,2-3,6-7,14H2,1H3. The Kier molecular flexibility index (Phi) is 3.21. The molecule has 17 heavy (non-hydrogen) atoms. The Morgan fingerprint density at radius 2 is 2.12 bits per heavy atom. The largest absolute Gasteiger partial charge is 0.372 e. The molecule has 0 saturated carbocycles. The zero-order chi connectivity index (χ0) is 11.8. The molecule has 2 fully saturated rings. The lowest BCUT2D eigenvalue weighted by atomic mass is 10.0. The van der Waals surface area contributed by atoms with E-state index in [9.17, 15) is 0 Å². The number of nitrogens with two attached hydrogens (primary N) is 1. The summed E-state index contributed by atoms with van der Waals surface area (Å²) < 4.78 is 5.89. The van der Waals surface area contributed by atoms with E-state index < -0.39 is 0 Å². The summed E-state index contributed by atoms with van der Waals surface area (Å²) in [6.07, 6.45) is 3.31. The number of hydrogen-bond donors (Lipinski definition) is 1. The maximum Gasteiger partial charge on any atom is 0.0707 e. The first-order valence-electron chi connectivity index (χ1n) is 6.41. The van der Waals surface area contributed by atoms with E-state index in [-0.39, 0.29) is 6.04 Å². The van der Waals surface area contributed by atoms with Crippen molar-refractivity contribution in [2.75, 3.05) is 13.1 Å². The van der Waals surface area contributed by atoms with Crippen LogP contribution in [0.15, 0.2) is 16.8 Å². The molecule has 3 nitrogen and oxygen atoms in total. The van der Waals surface area contributed by atoms with E-state index in [1.54, 1.807) is 11.3 Å². The highest BCUT2D eigenvalue weighted by Crippen LogP contribution is 2.33. The Bertz CT molecular complexity index is 354. The van der Waals surface area contributed by atoms with E-state index in [4.69, 9.17) is 10.5 Å². The van der Waals surface area contributed by atoms with Crippen LogP contribution in [-0.2, 0) is 4.74 Å². The normalized spacial score (nSPS) is 32.6. The number of hydrogen-bond acceptors (Lipinski definition) is 4. The van der Waals surface area contributed by atoms with Gasteiger partial charge in [-0.05, 0) is 42.2 Å². The minimum Gasteiger partial charge on any atom is -0.372 e. The maximum absolute atomic E-state index is 6.19. The number of ether oxygens (including phenoxy) is 1. The molecular weight excluding hydrogens is 232 g/mol. The maximum atomic E-state index is 6.19. The second-order valence-electron chi connectivity index (χ2n) is 5.27. The third-order valence-corrected chi connectivity index (χ3v) is 4.55. The Morgan fingerprint density at radius 3 is 2.65 bits per heavy atom. The van der Waals surface area contributed by atoms with Crippen LogP contribution in [0.5, 0.6) is 0 Å². The van der Waals surface area contributed by atoms with Crippen molar-refractivity contribution in [2.24, 2.45) is 5.73 Å². The number of morpholine rings is 1. The summed E-state index contributed by atoms with van der Waals surface area (Å²) in [5, 5.41) is 4.37. The molecule has 2 aliphatic rings. The average molecular weight is 252 g/mol. The zero-order valence-corrected chi connectivity index (χ0v) is 11.0. The van der Waals surface area contributed by atoms with Crippen LogP contribution in [-0.4, -0.2) is 36.2 Å². The predicted octanol–water partition coefficient (Wildman–Crippen LogP) is 2.00. The number of nitrogens with zero attached hydrogens (tertiary/aromatic N) is 1. The second kappa shape index (κ2) is 4.69. The van der Waals surface area contributed by atoms with Crippen molar-refractivity contribution in [2.45, 2.75) is 44.1 Å². The fourth-order valence-electron chi connectivity index (χ4n) is 3.16. The van der Waals surface area contributed by atoms with Crippen LogP contribution in [0.1, 0.15) is 31.4 Å². The molecule has 2 aliphatic heterocycles. The topological polar surface area (TPSA) is 38.5 Å². The average Bonchev–Trinajstić information content (AvgIpc) is 2.89. The van der Waals surface area contributed by atoms with Gasteiger partial charge in [-0.15, -0.1) is 0 Å². The van der Waals surface area contributed by atoms with Crippen molar-refractivity contribution < 1.29 is 4.74 Å². The van der Waals surface area contributed by atoms with Gasteiger partial charge in [-0.2, -0.15) is 11.3 Å². The van der Waals surface area contributed by atoms with E-state index in [0.29, 0.717) is 18.2 Å². The Hall–Kier alpha value is -0.420. The van der Waals surface area contributed by atoms with Crippen LogP contribution in [0.4, 0.5) is 0 Å². The van der Waals surface area contributed by atoms with E-state index >= 15 is 0 Å². The minimum atomic E-state index is 0.169. The molecule has 94 valence electrons. The molecule has 4 atom stereocenters. The zero-order valence-electron chi connectivity index (χ0n) is 10.2. The molecule has 0 amide bonds. The van der Waals surface area contributed by atoms with Gasteiger partial charge in [0.05, 0.1) is 18.2 Å². The van der Waals surface area contributed by atoms with Gasteiger partial charge in [-0.3, -0.25) is 4.90 Å². The third kappa shape index (κ3) is 2.27. The molecule has 4 heteroatoms. The fourth-order valence-corrected chi connectivity index (χ4v) is 3.85. The van der Waals surface area contributed by atoms with Crippen molar-refractivity contribution >= 4 is 11.3 Å². The summed E-state index contributed by atoms with van der Waals surface area (Å²) in [6, 6.07) is 2.73. The quantitative estimate of drug-likeness (QED) is 0.894. The third-order valence-electron chi connectivity index (χ3n) is 3.85. The van der Waals surface area contributed by atoms with E-state index in [0.717, 1.165) is 13.1 Å². The van der Waals surface area contributed by atoms with Crippen LogP contribution < -0.4 is 5.73 Å². The van der Waals surface area contributed by atoms with E-state index in [1.807, 2.05) is 0 Å². The molecule has 1 aromatic rings. The lowest BCUT2D eigenvalue weighted by Gasteiger charge is -2.39. The smallest absolute Gasteiger partial charge is 0.0707 e. The van der Waals surface area contributed by atoms with Crippen LogP contribution in [0.3, 0.4) is 0 Å². The molecule has 4 unspecified atom stereocenters. The number of fused-ring (bicyclic) bond motifs is 2. The molecule has 2 bridgehead atoms. The van der Waals surface area contributed by atoms with Crippen molar-refractivity contribution in [3.63, 3.8) is 0 Å². The van der Waals surface area contributed by atoms with Crippen LogP contribution in [0.25, 0.3) is 0 Å². The molecule has 0 radical (unpaired) electrons. The molecule has 2 saturated heterocycles. The number of rotatable bonds is 3. The molecule has 0 spiro atoms. The molecule has 3 rings (SSSR count). The van der Waals surface area contributed by atoms with Crippen molar-refractivity contribution in [3.05, 3.63) is 22.4 Å². The summed E-state index contributed by atoms with van der Waals surface area (Å²) in [4.78, 5) is 2.53. The monoisotopic (exact) mass is 252 g/mol. The van der Waals surface area contributed by atoms with Gasteiger partial charge in [-0.1, -0.05) is 0 Å². The van der Waals surface area contributed by atoms with Crippen molar-refractivity contribution in [1.29, 1.82) is 0 Å². The summed E-state index contributed by atoms with van der Waals surface area (Å²) in [5.74, 6) is 0. The number of thiophene rings is 1. The summed E-state index contributed by atoms with van der Waals surface area (Å²) in [7, 11) is 0. The summed E-state index contributed by atoms with van der Waals surface area (Å²) in [5.41, 5.74) is 7.56. The SMILES string of the molecule is CC(N)C(c1ccsc1)N1CC2CCC(C1)O2. The predicted molar refractivity (Wildman–Crippen MR) is 70.2 cm³/mol. The highest BCUT2D eigenvalue weighted by atomic mass is 32.1. The second-order valence-corrected chi connectivity index (χ2v) is 6.05. The summed E-state index contributed by atoms with van der Waals surface area (Å²) in [6.45, 7) is 4.19. The Balaban J connectivity index is 1.80. The highest BCUT2D eigenvalue weighted by Gasteiger charge is 2.37. The highest BCUT2D eigenvalue weighted by molar-refractivity contribution is 7.07. The van der Waals surface area contributed by atoms with Gasteiger partial charge < -0.3 is 10.5 Å². The van der Waals surface area contributed by atoms with Crippen molar-refractivity contribution in [1.82, 2.24) is 4.90 Å². The molecule has 0 aromatic carbocycles. The summed E-state index contributed by atoms with van der Waals surface area (Å²) >= 11 is 1.75. The first-order chi connectivity index (χ1) is 8.24. The van der Waals surface area contributed by atoms with Crippen LogP contribution in [0, 0.1) is 0 Å². The van der Waals surface area contributed by atoms with Gasteiger partial charge >= 0.3 is 0 Å². The Morgan fingerprint density at radius 1 is 1.41 bits per heavy atom. The first kappa shape index (κ1) is 11.7. The minimum absolute atomic E-state index is 0.169. The molecule has 0 aliphatic carbocycles. The number of likely N-dealkylation sites (tertiary alicyclic amines) is 1. The first-order valence-corrected chi connectivity index (χ1v) is 7.35. The van der Waals surface area contributed by atoms with Crippen molar-refractivity contribution in [3.8, 4) is 0 Å². The van der Waals surface area contributed by atoms with Gasteiger partial charge in [0.2, 0.25) is 0 Å². The van der Waals surface area contributed by atoms with Gasteiger partial charge in [0.1, 0.15) is 0 Å². The lowest BCUT2D eigenvalue weighted by Crippen LogP contribution is -2.48. The van der Waals surface area contributed by atoms with Gasteiger partial charge in [0.15, 0.2) is 0 Å². The molecule has 1 aromatic heterocycles. The Labute approximate surface area is 107 Å². The molecular formula is C13H20N2OS. The molecule has 2 N–H and O–H groups in total. The fraction of sp³-hybridized carbons (Fsp3) is 0.692. The van der Waals surface area contributed by atoms with Crippen LogP contribution >= 0.6 is 11.3 Å². The van der Waals surface area contributed by atoms with E-state index in [1.165, 1.54) is 18.4 Å². The lowest BCUT2D eigenvalue weighted by molar-refractivity contribution is -0.0559. The van der Waals surface area contributed by atoms with Gasteiger partial charge in [0, 0.05) is 19.1 Å². The van der Waals surface area contributed by atoms with Gasteiger partial charge in [0.25, 0.3) is 0 Å².